The minimum Gasteiger partial charge on any atom is -0.384 e. The summed E-state index contributed by atoms with van der Waals surface area (Å²) >= 11 is 1.35. The van der Waals surface area contributed by atoms with Gasteiger partial charge in [-0.3, -0.25) is 4.79 Å². The molecule has 90 valence electrons. The molecular formula is C11H22O3S. The summed E-state index contributed by atoms with van der Waals surface area (Å²) in [5.41, 5.74) is -0.298. The predicted octanol–water partition coefficient (Wildman–Crippen LogP) is 2.35. The number of carbonyl (C=O) groups excluding carboxylic acids is 1. The molecule has 0 heterocycles. The van der Waals surface area contributed by atoms with Gasteiger partial charge in [-0.05, 0) is 13.3 Å². The maximum absolute atomic E-state index is 11.8. The molecule has 0 spiro atoms. The lowest BCUT2D eigenvalue weighted by Gasteiger charge is -2.22. The molecule has 0 aromatic carbocycles. The molecule has 0 rings (SSSR count). The fourth-order valence-corrected chi connectivity index (χ4v) is 1.91. The molecule has 0 atom stereocenters. The van der Waals surface area contributed by atoms with E-state index in [1.54, 1.807) is 7.11 Å². The van der Waals surface area contributed by atoms with Gasteiger partial charge in [0.15, 0.2) is 5.12 Å². The number of carbonyl (C=O) groups is 1. The van der Waals surface area contributed by atoms with Crippen molar-refractivity contribution in [3.05, 3.63) is 0 Å². The first-order valence-corrected chi connectivity index (χ1v) is 6.27. The highest BCUT2D eigenvalue weighted by molar-refractivity contribution is 8.13. The van der Waals surface area contributed by atoms with Crippen molar-refractivity contribution in [2.75, 3.05) is 32.7 Å². The Hall–Kier alpha value is -0.0600. The van der Waals surface area contributed by atoms with E-state index in [0.29, 0.717) is 19.8 Å². The van der Waals surface area contributed by atoms with Crippen molar-refractivity contribution in [3.8, 4) is 0 Å². The van der Waals surface area contributed by atoms with Crippen LogP contribution in [-0.4, -0.2) is 37.8 Å². The molecule has 0 saturated heterocycles. The number of methoxy groups -OCH3 is 1. The molecule has 0 aromatic rings. The van der Waals surface area contributed by atoms with E-state index in [1.165, 1.54) is 11.8 Å². The molecule has 4 heteroatoms. The number of thioether (sulfide) groups is 1. The molecule has 0 bridgehead atoms. The molecule has 0 amide bonds. The summed E-state index contributed by atoms with van der Waals surface area (Å²) in [4.78, 5) is 11.8. The van der Waals surface area contributed by atoms with E-state index in [-0.39, 0.29) is 10.5 Å². The minimum atomic E-state index is -0.298. The number of ether oxygens (including phenoxy) is 2. The van der Waals surface area contributed by atoms with Crippen molar-refractivity contribution >= 4 is 16.9 Å². The highest BCUT2D eigenvalue weighted by atomic mass is 32.2. The van der Waals surface area contributed by atoms with Crippen LogP contribution in [0.2, 0.25) is 0 Å². The molecule has 0 N–H and O–H groups in total. The number of hydrogen-bond donors (Lipinski definition) is 0. The highest BCUT2D eigenvalue weighted by Crippen LogP contribution is 2.27. The van der Waals surface area contributed by atoms with E-state index >= 15 is 0 Å². The van der Waals surface area contributed by atoms with Crippen molar-refractivity contribution in [1.82, 2.24) is 0 Å². The molecule has 0 saturated carbocycles. The number of hydrogen-bond acceptors (Lipinski definition) is 4. The highest BCUT2D eigenvalue weighted by Gasteiger charge is 2.27. The molecule has 0 aliphatic heterocycles. The Morgan fingerprint density at radius 2 is 2.00 bits per heavy atom. The van der Waals surface area contributed by atoms with E-state index in [2.05, 4.69) is 0 Å². The van der Waals surface area contributed by atoms with Crippen LogP contribution in [0.25, 0.3) is 0 Å². The first-order valence-electron chi connectivity index (χ1n) is 5.28. The normalized spacial score (nSPS) is 11.7. The zero-order valence-corrected chi connectivity index (χ0v) is 11.0. The Morgan fingerprint density at radius 1 is 1.33 bits per heavy atom. The second-order valence-corrected chi connectivity index (χ2v) is 5.03. The van der Waals surface area contributed by atoms with Crippen LogP contribution in [-0.2, 0) is 14.3 Å². The van der Waals surface area contributed by atoms with Gasteiger partial charge in [-0.1, -0.05) is 25.6 Å². The van der Waals surface area contributed by atoms with Crippen LogP contribution in [0.3, 0.4) is 0 Å². The quantitative estimate of drug-likeness (QED) is 0.604. The topological polar surface area (TPSA) is 35.5 Å². The average molecular weight is 234 g/mol. The lowest BCUT2D eigenvalue weighted by atomic mass is 9.92. The van der Waals surface area contributed by atoms with Crippen LogP contribution in [0, 0.1) is 5.41 Å². The van der Waals surface area contributed by atoms with Gasteiger partial charge in [0.2, 0.25) is 0 Å². The van der Waals surface area contributed by atoms with Gasteiger partial charge in [0.1, 0.15) is 0 Å². The Kier molecular flexibility index (Phi) is 8.10. The molecule has 0 aliphatic rings. The van der Waals surface area contributed by atoms with Gasteiger partial charge < -0.3 is 9.47 Å². The fourth-order valence-electron chi connectivity index (χ4n) is 0.987. The van der Waals surface area contributed by atoms with Gasteiger partial charge in [0.05, 0.1) is 6.61 Å². The molecule has 0 unspecified atom stereocenters. The predicted molar refractivity (Wildman–Crippen MR) is 64.2 cm³/mol. The number of rotatable bonds is 8. The maximum atomic E-state index is 11.8. The lowest BCUT2D eigenvalue weighted by Crippen LogP contribution is -2.24. The maximum Gasteiger partial charge on any atom is 0.194 e. The van der Waals surface area contributed by atoms with E-state index in [9.17, 15) is 4.79 Å². The molecule has 3 nitrogen and oxygen atoms in total. The summed E-state index contributed by atoms with van der Waals surface area (Å²) in [7, 11) is 1.64. The monoisotopic (exact) mass is 234 g/mol. The van der Waals surface area contributed by atoms with Crippen molar-refractivity contribution in [1.29, 1.82) is 0 Å². The third-order valence-electron chi connectivity index (χ3n) is 2.15. The molecular weight excluding hydrogens is 212 g/mol. The standard InChI is InChI=1S/C11H22O3S/c1-5-14-7-6-11(2,3)10(12)15-9-8-13-4/h5-9H2,1-4H3. The average Bonchev–Trinajstić information content (AvgIpc) is 2.18. The fraction of sp³-hybridized carbons (Fsp3) is 0.909. The molecule has 0 aromatic heterocycles. The first kappa shape index (κ1) is 14.9. The summed E-state index contributed by atoms with van der Waals surface area (Å²) in [6.07, 6.45) is 0.777. The molecule has 15 heavy (non-hydrogen) atoms. The summed E-state index contributed by atoms with van der Waals surface area (Å²) in [5, 5.41) is 0.222. The second-order valence-electron chi connectivity index (χ2n) is 3.96. The summed E-state index contributed by atoms with van der Waals surface area (Å²) in [6, 6.07) is 0. The van der Waals surface area contributed by atoms with Crippen LogP contribution in [0.5, 0.6) is 0 Å². The van der Waals surface area contributed by atoms with Gasteiger partial charge in [-0.25, -0.2) is 0 Å². The van der Waals surface area contributed by atoms with E-state index < -0.39 is 0 Å². The van der Waals surface area contributed by atoms with Crippen molar-refractivity contribution in [2.24, 2.45) is 5.41 Å². The SMILES string of the molecule is CCOCCC(C)(C)C(=O)SCCOC. The first-order chi connectivity index (χ1) is 7.04. The van der Waals surface area contributed by atoms with Gasteiger partial charge >= 0.3 is 0 Å². The Bertz CT molecular complexity index is 181. The molecule has 0 radical (unpaired) electrons. The van der Waals surface area contributed by atoms with E-state index in [4.69, 9.17) is 9.47 Å². The minimum absolute atomic E-state index is 0.222. The van der Waals surface area contributed by atoms with Gasteiger partial charge in [-0.15, -0.1) is 0 Å². The zero-order valence-electron chi connectivity index (χ0n) is 10.2. The Balaban J connectivity index is 3.80. The van der Waals surface area contributed by atoms with Crippen LogP contribution < -0.4 is 0 Å². The smallest absolute Gasteiger partial charge is 0.194 e. The van der Waals surface area contributed by atoms with Crippen LogP contribution >= 0.6 is 11.8 Å². The zero-order chi connectivity index (χ0) is 11.7. The van der Waals surface area contributed by atoms with Gasteiger partial charge in [-0.2, -0.15) is 0 Å². The summed E-state index contributed by atoms with van der Waals surface area (Å²) in [6.45, 7) is 7.88. The summed E-state index contributed by atoms with van der Waals surface area (Å²) in [5.74, 6) is 0.730. The largest absolute Gasteiger partial charge is 0.384 e. The second kappa shape index (κ2) is 8.13. The summed E-state index contributed by atoms with van der Waals surface area (Å²) < 4.78 is 10.2. The lowest BCUT2D eigenvalue weighted by molar-refractivity contribution is -0.119. The van der Waals surface area contributed by atoms with Crippen molar-refractivity contribution in [3.63, 3.8) is 0 Å². The Labute approximate surface area is 96.9 Å². The van der Waals surface area contributed by atoms with Gasteiger partial charge in [0, 0.05) is 31.5 Å². The molecule has 0 fully saturated rings. The third kappa shape index (κ3) is 6.93. The van der Waals surface area contributed by atoms with Crippen LogP contribution in [0.4, 0.5) is 0 Å². The van der Waals surface area contributed by atoms with Crippen molar-refractivity contribution in [2.45, 2.75) is 27.2 Å². The van der Waals surface area contributed by atoms with E-state index in [1.807, 2.05) is 20.8 Å². The van der Waals surface area contributed by atoms with E-state index in [0.717, 1.165) is 12.2 Å². The van der Waals surface area contributed by atoms with Gasteiger partial charge in [0.25, 0.3) is 0 Å². The van der Waals surface area contributed by atoms with Crippen LogP contribution in [0.1, 0.15) is 27.2 Å². The van der Waals surface area contributed by atoms with Crippen molar-refractivity contribution < 1.29 is 14.3 Å². The third-order valence-corrected chi connectivity index (χ3v) is 3.33. The van der Waals surface area contributed by atoms with Crippen LogP contribution in [0.15, 0.2) is 0 Å². The molecule has 0 aliphatic carbocycles. The Morgan fingerprint density at radius 3 is 2.53 bits per heavy atom.